The number of aliphatic hydroxyl groups is 2. The van der Waals surface area contributed by atoms with Gasteiger partial charge in [0, 0.05) is 28.4 Å². The monoisotopic (exact) mass is 618 g/mol. The number of hydrogen-bond acceptors (Lipinski definition) is 8. The van der Waals surface area contributed by atoms with Gasteiger partial charge in [0.05, 0.1) is 17.8 Å². The molecule has 0 unspecified atom stereocenters. The second-order valence-corrected chi connectivity index (χ2v) is 13.5. The van der Waals surface area contributed by atoms with Gasteiger partial charge in [0.2, 0.25) is 0 Å². The summed E-state index contributed by atoms with van der Waals surface area (Å²) in [5.74, 6) is -2.33. The van der Waals surface area contributed by atoms with Crippen LogP contribution in [0.2, 0.25) is 0 Å². The van der Waals surface area contributed by atoms with Gasteiger partial charge in [-0.2, -0.15) is 0 Å². The van der Waals surface area contributed by atoms with Crippen molar-refractivity contribution in [1.29, 1.82) is 0 Å². The number of ether oxygens (including phenoxy) is 3. The van der Waals surface area contributed by atoms with Crippen LogP contribution < -0.4 is 4.74 Å². The number of fused-ring (bicyclic) bond motifs is 7. The lowest BCUT2D eigenvalue weighted by Gasteiger charge is -2.59. The topological polar surface area (TPSA) is 140 Å². The first-order valence-electron chi connectivity index (χ1n) is 15.3. The standard InChI is InChI=1S/C35H35FO9/c1-33-11-10-20(38)13-19(33)6-8-23-25-15-29-35(28(40)17-37,34(25,2)16-27(39)30(23)33)45-32(44-29)24-9-7-22(14-26(24)36)43-21-5-3-4-18(12-21)31(41)42/h3-5,7,9-14,23,25,27,29-30,32,37,39H,6,8,15-17H2,1-2H3,(H,41,42)/t23-,25-,27-,29+,30+,32-,33-,34-,35+/m0/s1. The number of aromatic carboxylic acids is 1. The highest BCUT2D eigenvalue weighted by Gasteiger charge is 2.76. The van der Waals surface area contributed by atoms with Crippen LogP contribution in [0.15, 0.2) is 66.3 Å². The minimum atomic E-state index is -1.60. The van der Waals surface area contributed by atoms with Crippen molar-refractivity contribution in [2.45, 2.75) is 63.6 Å². The third-order valence-electron chi connectivity index (χ3n) is 11.3. The fraction of sp³-hybridized carbons (Fsp3) is 0.457. The van der Waals surface area contributed by atoms with Gasteiger partial charge in [-0.15, -0.1) is 0 Å². The van der Waals surface area contributed by atoms with Gasteiger partial charge in [0.1, 0.15) is 23.9 Å². The fourth-order valence-corrected chi connectivity index (χ4v) is 9.42. The van der Waals surface area contributed by atoms with E-state index in [1.807, 2.05) is 13.0 Å². The van der Waals surface area contributed by atoms with Crippen molar-refractivity contribution in [2.75, 3.05) is 6.61 Å². The van der Waals surface area contributed by atoms with Gasteiger partial charge in [0.15, 0.2) is 23.5 Å². The number of halogens is 1. The van der Waals surface area contributed by atoms with Crippen molar-refractivity contribution in [3.63, 3.8) is 0 Å². The van der Waals surface area contributed by atoms with Crippen LogP contribution in [0.4, 0.5) is 4.39 Å². The Labute approximate surface area is 259 Å². The van der Waals surface area contributed by atoms with Gasteiger partial charge < -0.3 is 29.5 Å². The first-order valence-corrected chi connectivity index (χ1v) is 15.3. The number of ketones is 2. The van der Waals surface area contributed by atoms with Crippen LogP contribution in [-0.4, -0.2) is 57.3 Å². The smallest absolute Gasteiger partial charge is 0.335 e. The van der Waals surface area contributed by atoms with Crippen LogP contribution in [0.5, 0.6) is 11.5 Å². The fourth-order valence-electron chi connectivity index (χ4n) is 9.42. The summed E-state index contributed by atoms with van der Waals surface area (Å²) in [5.41, 5.74) is -1.91. The van der Waals surface area contributed by atoms with Crippen molar-refractivity contribution in [3.05, 3.63) is 83.2 Å². The first kappa shape index (κ1) is 30.0. The minimum Gasteiger partial charge on any atom is -0.478 e. The zero-order valence-corrected chi connectivity index (χ0v) is 24.9. The molecule has 0 bridgehead atoms. The van der Waals surface area contributed by atoms with Crippen molar-refractivity contribution in [2.24, 2.45) is 28.6 Å². The molecule has 2 aromatic carbocycles. The number of carboxylic acids is 1. The molecule has 2 aromatic rings. The molecule has 0 spiro atoms. The van der Waals surface area contributed by atoms with E-state index in [-0.39, 0.29) is 52.6 Å². The Hall–Kier alpha value is -3.70. The maximum atomic E-state index is 15.6. The maximum absolute atomic E-state index is 15.6. The largest absolute Gasteiger partial charge is 0.478 e. The summed E-state index contributed by atoms with van der Waals surface area (Å²) in [6, 6.07) is 9.91. The molecular weight excluding hydrogens is 583 g/mol. The number of benzene rings is 2. The predicted molar refractivity (Wildman–Crippen MR) is 157 cm³/mol. The van der Waals surface area contributed by atoms with Crippen molar-refractivity contribution < 1.29 is 48.3 Å². The van der Waals surface area contributed by atoms with Crippen LogP contribution in [0, 0.1) is 34.4 Å². The second-order valence-electron chi connectivity index (χ2n) is 13.5. The Kier molecular flexibility index (Phi) is 6.94. The Morgan fingerprint density at radius 1 is 1.13 bits per heavy atom. The molecule has 1 aliphatic heterocycles. The average molecular weight is 619 g/mol. The lowest BCUT2D eigenvalue weighted by molar-refractivity contribution is -0.201. The minimum absolute atomic E-state index is 0.00571. The summed E-state index contributed by atoms with van der Waals surface area (Å²) in [5, 5.41) is 31.2. The van der Waals surface area contributed by atoms with E-state index in [2.05, 4.69) is 6.92 Å². The van der Waals surface area contributed by atoms with Gasteiger partial charge in [-0.25, -0.2) is 9.18 Å². The van der Waals surface area contributed by atoms with Crippen LogP contribution >= 0.6 is 0 Å². The molecular formula is C35H35FO9. The number of carbonyl (C=O) groups excluding carboxylic acids is 2. The summed E-state index contributed by atoms with van der Waals surface area (Å²) < 4.78 is 34.1. The van der Waals surface area contributed by atoms with E-state index < -0.39 is 59.1 Å². The number of aliphatic hydroxyl groups excluding tert-OH is 2. The van der Waals surface area contributed by atoms with E-state index in [0.717, 1.165) is 18.1 Å². The van der Waals surface area contributed by atoms with Crippen molar-refractivity contribution in [1.82, 2.24) is 0 Å². The first-order chi connectivity index (χ1) is 21.4. The molecule has 0 aromatic heterocycles. The van der Waals surface area contributed by atoms with E-state index in [1.54, 1.807) is 18.2 Å². The normalized spacial score (nSPS) is 38.1. The van der Waals surface area contributed by atoms with Crippen LogP contribution in [0.3, 0.4) is 0 Å². The molecule has 0 radical (unpaired) electrons. The van der Waals surface area contributed by atoms with Gasteiger partial charge in [-0.05, 0) is 80.0 Å². The average Bonchev–Trinajstić information content (AvgIpc) is 3.49. The third kappa shape index (κ3) is 4.30. The summed E-state index contributed by atoms with van der Waals surface area (Å²) in [7, 11) is 0. The zero-order chi connectivity index (χ0) is 31.9. The molecule has 0 amide bonds. The number of rotatable bonds is 6. The van der Waals surface area contributed by atoms with E-state index in [0.29, 0.717) is 12.8 Å². The second kappa shape index (κ2) is 10.4. The molecule has 3 N–H and O–H groups in total. The van der Waals surface area contributed by atoms with Gasteiger partial charge in [0.25, 0.3) is 0 Å². The SMILES string of the molecule is C[C@]12C=CC(=O)C=C1CC[C@@H]1[C@@H]2[C@@H](O)C[C@@]2(C)[C@H]1C[C@H]1O[C@H](c3ccc(Oc4cccc(C(=O)O)c4)cc3F)O[C@]12C(=O)CO. The Morgan fingerprint density at radius 3 is 2.64 bits per heavy atom. The van der Waals surface area contributed by atoms with E-state index in [1.165, 1.54) is 30.3 Å². The molecule has 45 heavy (non-hydrogen) atoms. The van der Waals surface area contributed by atoms with Gasteiger partial charge in [-0.3, -0.25) is 9.59 Å². The number of carboxylic acid groups (broad SMARTS) is 1. The molecule has 10 heteroatoms. The molecule has 1 heterocycles. The van der Waals surface area contributed by atoms with Gasteiger partial charge in [-0.1, -0.05) is 31.6 Å². The summed E-state index contributed by atoms with van der Waals surface area (Å²) >= 11 is 0. The van der Waals surface area contributed by atoms with Crippen LogP contribution in [0.25, 0.3) is 0 Å². The molecule has 9 atom stereocenters. The number of Topliss-reactive ketones (excluding diaryl/α,β-unsaturated/α-hetero) is 1. The van der Waals surface area contributed by atoms with E-state index in [4.69, 9.17) is 14.2 Å². The Bertz CT molecular complexity index is 1670. The molecule has 9 nitrogen and oxygen atoms in total. The predicted octanol–water partition coefficient (Wildman–Crippen LogP) is 4.92. The highest BCUT2D eigenvalue weighted by Crippen LogP contribution is 2.70. The summed E-state index contributed by atoms with van der Waals surface area (Å²) in [4.78, 5) is 37.2. The molecule has 236 valence electrons. The lowest BCUT2D eigenvalue weighted by Crippen LogP contribution is -2.63. The highest BCUT2D eigenvalue weighted by molar-refractivity contribution is 6.01. The van der Waals surface area contributed by atoms with Crippen LogP contribution in [0.1, 0.15) is 61.7 Å². The Morgan fingerprint density at radius 2 is 1.91 bits per heavy atom. The third-order valence-corrected chi connectivity index (χ3v) is 11.3. The number of allylic oxidation sites excluding steroid dienone is 4. The molecule has 5 aliphatic rings. The lowest BCUT2D eigenvalue weighted by atomic mass is 9.46. The van der Waals surface area contributed by atoms with E-state index in [9.17, 15) is 29.7 Å². The van der Waals surface area contributed by atoms with Crippen LogP contribution in [-0.2, 0) is 19.1 Å². The molecule has 1 saturated heterocycles. The van der Waals surface area contributed by atoms with Crippen molar-refractivity contribution >= 4 is 17.5 Å². The molecule has 4 aliphatic carbocycles. The van der Waals surface area contributed by atoms with Gasteiger partial charge >= 0.3 is 5.97 Å². The van der Waals surface area contributed by atoms with E-state index >= 15 is 4.39 Å². The van der Waals surface area contributed by atoms with Crippen molar-refractivity contribution in [3.8, 4) is 11.5 Å². The maximum Gasteiger partial charge on any atom is 0.335 e. The number of hydrogen-bond donors (Lipinski definition) is 3. The quantitative estimate of drug-likeness (QED) is 0.412. The highest BCUT2D eigenvalue weighted by atomic mass is 19.1. The summed E-state index contributed by atoms with van der Waals surface area (Å²) in [6.07, 6.45) is 4.42. The number of carbonyl (C=O) groups is 3. The molecule has 7 rings (SSSR count). The molecule has 3 saturated carbocycles. The summed E-state index contributed by atoms with van der Waals surface area (Å²) in [6.45, 7) is 3.19. The zero-order valence-electron chi connectivity index (χ0n) is 24.9. The molecule has 4 fully saturated rings. The Balaban J connectivity index is 1.18.